The lowest BCUT2D eigenvalue weighted by Gasteiger charge is -2.28. The summed E-state index contributed by atoms with van der Waals surface area (Å²) in [6, 6.07) is 79.7. The normalized spacial score (nSPS) is 12.1. The molecule has 0 fully saturated rings. The van der Waals surface area contributed by atoms with E-state index >= 15 is 0 Å². The molecule has 0 nitrogen and oxygen atoms in total. The molecule has 0 N–H and O–H groups in total. The minimum atomic E-state index is -0.407. The Hall–Kier alpha value is -3.31. The van der Waals surface area contributed by atoms with Gasteiger partial charge >= 0.3 is 0 Å². The van der Waals surface area contributed by atoms with E-state index < -0.39 is 23.8 Å². The van der Waals surface area contributed by atoms with Crippen molar-refractivity contribution in [2.24, 2.45) is 0 Å². The summed E-state index contributed by atoms with van der Waals surface area (Å²) in [5, 5.41) is 10.6. The number of benzene rings is 7. The monoisotopic (exact) mass is 806 g/mol. The molecule has 0 heterocycles. The summed E-state index contributed by atoms with van der Waals surface area (Å²) >= 11 is 0. The highest BCUT2D eigenvalue weighted by molar-refractivity contribution is 7.76. The summed E-state index contributed by atoms with van der Waals surface area (Å²) in [7, 11) is -1.67. The summed E-state index contributed by atoms with van der Waals surface area (Å²) in [6.07, 6.45) is 10.4. The number of rotatable bonds is 19. The van der Waals surface area contributed by atoms with Crippen molar-refractivity contribution in [1.82, 2.24) is 0 Å². The molecule has 0 aromatic heterocycles. The molecule has 0 saturated carbocycles. The minimum absolute atomic E-state index is 0.170. The average Bonchev–Trinajstić information content (AvgIpc) is 3.27. The third-order valence-corrected chi connectivity index (χ3v) is 24.2. The van der Waals surface area contributed by atoms with Crippen LogP contribution in [0.3, 0.4) is 0 Å². The molecule has 5 heteroatoms. The van der Waals surface area contributed by atoms with Gasteiger partial charge in [-0.15, -0.1) is 7.92 Å². The molecule has 0 aliphatic rings. The van der Waals surface area contributed by atoms with Crippen LogP contribution >= 0.6 is 39.6 Å². The van der Waals surface area contributed by atoms with Gasteiger partial charge in [-0.1, -0.05) is 220 Å². The molecule has 0 aliphatic carbocycles. The van der Waals surface area contributed by atoms with E-state index in [0.717, 1.165) is 0 Å². The summed E-state index contributed by atoms with van der Waals surface area (Å²) in [6.45, 7) is 0. The van der Waals surface area contributed by atoms with Gasteiger partial charge in [0, 0.05) is 0 Å². The molecule has 55 heavy (non-hydrogen) atoms. The van der Waals surface area contributed by atoms with Crippen molar-refractivity contribution in [1.29, 1.82) is 0 Å². The Morgan fingerprint density at radius 3 is 0.673 bits per heavy atom. The van der Waals surface area contributed by atoms with Gasteiger partial charge in [0.2, 0.25) is 0 Å². The zero-order valence-electron chi connectivity index (χ0n) is 31.6. The molecule has 7 aromatic carbocycles. The van der Waals surface area contributed by atoms with Gasteiger partial charge in [0.15, 0.2) is 0 Å². The molecule has 7 aromatic rings. The lowest BCUT2D eigenvalue weighted by Crippen LogP contribution is -2.19. The Kier molecular flexibility index (Phi) is 15.9. The third kappa shape index (κ3) is 11.9. The lowest BCUT2D eigenvalue weighted by molar-refractivity contribution is 1.35. The molecular formula is C50H51P5. The first-order chi connectivity index (χ1) is 27.3. The van der Waals surface area contributed by atoms with Crippen LogP contribution in [0.15, 0.2) is 212 Å². The molecule has 0 saturated heterocycles. The first-order valence-electron chi connectivity index (χ1n) is 19.5. The molecule has 1 atom stereocenters. The topological polar surface area (TPSA) is 0 Å². The summed E-state index contributed by atoms with van der Waals surface area (Å²) in [4.78, 5) is 0. The van der Waals surface area contributed by atoms with Crippen molar-refractivity contribution in [3.63, 3.8) is 0 Å². The molecule has 0 amide bonds. The van der Waals surface area contributed by atoms with E-state index in [1.165, 1.54) is 81.1 Å². The maximum absolute atomic E-state index is 2.43. The zero-order chi connectivity index (χ0) is 37.3. The van der Waals surface area contributed by atoms with Crippen LogP contribution in [0.25, 0.3) is 0 Å². The highest BCUT2D eigenvalue weighted by Gasteiger charge is 2.23. The SMILES string of the molecule is c1ccc(P(CCP(CCP(c2ccccc2)c2ccccc2)CCP(c2ccccc2)c2ccccc2)CCP(c2ccccc2)c2ccccc2)cc1. The quantitative estimate of drug-likeness (QED) is 0.0714. The molecule has 0 spiro atoms. The predicted octanol–water partition coefficient (Wildman–Crippen LogP) is 10.7. The molecular weight excluding hydrogens is 755 g/mol. The zero-order valence-corrected chi connectivity index (χ0v) is 36.1. The first-order valence-corrected chi connectivity index (χ1v) is 27.7. The van der Waals surface area contributed by atoms with Crippen molar-refractivity contribution in [3.05, 3.63) is 212 Å². The van der Waals surface area contributed by atoms with E-state index in [9.17, 15) is 0 Å². The third-order valence-electron chi connectivity index (χ3n) is 10.1. The Morgan fingerprint density at radius 1 is 0.200 bits per heavy atom. The fraction of sp³-hybridized carbons (Fsp3) is 0.160. The van der Waals surface area contributed by atoms with Crippen molar-refractivity contribution >= 4 is 76.7 Å². The molecule has 1 unspecified atom stereocenters. The van der Waals surface area contributed by atoms with Crippen LogP contribution in [0.1, 0.15) is 0 Å². The molecule has 0 radical (unpaired) electrons. The van der Waals surface area contributed by atoms with Crippen LogP contribution < -0.4 is 37.1 Å². The molecule has 0 aliphatic heterocycles. The maximum atomic E-state index is 2.43. The second kappa shape index (κ2) is 21.8. The van der Waals surface area contributed by atoms with Crippen molar-refractivity contribution < 1.29 is 0 Å². The van der Waals surface area contributed by atoms with E-state index in [-0.39, 0.29) is 15.8 Å². The van der Waals surface area contributed by atoms with E-state index in [0.29, 0.717) is 0 Å². The van der Waals surface area contributed by atoms with Crippen LogP contribution in [-0.4, -0.2) is 49.3 Å². The van der Waals surface area contributed by atoms with Gasteiger partial charge in [0.05, 0.1) is 0 Å². The Morgan fingerprint density at radius 2 is 0.400 bits per heavy atom. The van der Waals surface area contributed by atoms with Gasteiger partial charge in [-0.05, 0) is 110 Å². The van der Waals surface area contributed by atoms with Gasteiger partial charge in [-0.3, -0.25) is 0 Å². The van der Waals surface area contributed by atoms with Crippen LogP contribution in [0.2, 0.25) is 0 Å². The Labute approximate surface area is 336 Å². The van der Waals surface area contributed by atoms with E-state index in [1.807, 2.05) is 0 Å². The van der Waals surface area contributed by atoms with Gasteiger partial charge in [0.1, 0.15) is 0 Å². The fourth-order valence-corrected chi connectivity index (χ4v) is 22.5. The van der Waals surface area contributed by atoms with E-state index in [2.05, 4.69) is 212 Å². The smallest absolute Gasteiger partial charge is 0.0195 e. The van der Waals surface area contributed by atoms with Crippen LogP contribution in [0, 0.1) is 0 Å². The van der Waals surface area contributed by atoms with Crippen LogP contribution in [0.5, 0.6) is 0 Å². The van der Waals surface area contributed by atoms with E-state index in [1.54, 1.807) is 5.30 Å². The van der Waals surface area contributed by atoms with Gasteiger partial charge in [-0.2, -0.15) is 0 Å². The average molecular weight is 807 g/mol. The molecule has 0 bridgehead atoms. The van der Waals surface area contributed by atoms with Gasteiger partial charge < -0.3 is 0 Å². The maximum Gasteiger partial charge on any atom is -0.0195 e. The minimum Gasteiger partial charge on any atom is -0.106 e. The first kappa shape index (κ1) is 39.9. The summed E-state index contributed by atoms with van der Waals surface area (Å²) in [5.74, 6) is 0. The van der Waals surface area contributed by atoms with Crippen LogP contribution in [-0.2, 0) is 0 Å². The number of hydrogen-bond donors (Lipinski definition) is 0. The van der Waals surface area contributed by atoms with Gasteiger partial charge in [0.25, 0.3) is 0 Å². The predicted molar refractivity (Wildman–Crippen MR) is 256 cm³/mol. The van der Waals surface area contributed by atoms with E-state index in [4.69, 9.17) is 0 Å². The van der Waals surface area contributed by atoms with Crippen LogP contribution in [0.4, 0.5) is 0 Å². The van der Waals surface area contributed by atoms with Crippen molar-refractivity contribution in [2.75, 3.05) is 49.3 Å². The lowest BCUT2D eigenvalue weighted by atomic mass is 10.4. The second-order valence-electron chi connectivity index (χ2n) is 13.6. The highest BCUT2D eigenvalue weighted by Crippen LogP contribution is 2.49. The Balaban J connectivity index is 1.14. The van der Waals surface area contributed by atoms with Crippen molar-refractivity contribution in [2.45, 2.75) is 0 Å². The van der Waals surface area contributed by atoms with Crippen molar-refractivity contribution in [3.8, 4) is 0 Å². The summed E-state index contributed by atoms with van der Waals surface area (Å²) in [5.41, 5.74) is 0. The standard InChI is InChI=1S/C50H51P5/c1-8-22-44(23-9-1)52(40-43-55(49-32-18-6-19-33-49)50-34-20-7-21-35-50)39-36-51(37-41-53(45-24-10-2-11-25-45)46-26-12-3-13-27-46)38-42-54(47-28-14-4-15-29-47)48-30-16-5-17-31-48/h1-35H,36-43H2. The molecule has 7 rings (SSSR count). The molecule has 276 valence electrons. The van der Waals surface area contributed by atoms with Gasteiger partial charge in [-0.25, -0.2) is 0 Å². The summed E-state index contributed by atoms with van der Waals surface area (Å²) < 4.78 is 0. The fourth-order valence-electron chi connectivity index (χ4n) is 7.18. The largest absolute Gasteiger partial charge is 0.106 e. The Bertz CT molecular complexity index is 1860. The second-order valence-corrected chi connectivity index (χ2v) is 25.8. The number of hydrogen-bond acceptors (Lipinski definition) is 0. The highest BCUT2D eigenvalue weighted by atomic mass is 31.1.